The number of nitrogens with one attached hydrogen (secondary N) is 1. The highest BCUT2D eigenvalue weighted by Gasteiger charge is 2.46. The molecule has 1 aromatic heterocycles. The second-order valence-corrected chi connectivity index (χ2v) is 10.8. The smallest absolute Gasteiger partial charge is 0.318 e. The number of benzene rings is 3. The van der Waals surface area contributed by atoms with E-state index >= 15 is 0 Å². The summed E-state index contributed by atoms with van der Waals surface area (Å²) in [5, 5.41) is 11.7. The van der Waals surface area contributed by atoms with Crippen molar-refractivity contribution in [2.75, 3.05) is 5.32 Å². The number of nitrogens with zero attached hydrogens (tertiary/aromatic N) is 4. The molecule has 0 saturated heterocycles. The number of hydrogen-bond donors (Lipinski definition) is 1. The lowest BCUT2D eigenvalue weighted by Crippen LogP contribution is -2.54. The Balaban J connectivity index is 1.43. The lowest BCUT2D eigenvalue weighted by Gasteiger charge is -2.35. The quantitative estimate of drug-likeness (QED) is 0.270. The number of allylic oxidation sites excluding steroid dienone is 3. The van der Waals surface area contributed by atoms with Crippen LogP contribution in [0.15, 0.2) is 118 Å². The Bertz CT molecular complexity index is 1640. The van der Waals surface area contributed by atoms with Gasteiger partial charge in [0, 0.05) is 22.4 Å². The zero-order valence-corrected chi connectivity index (χ0v) is 23.5. The molecule has 0 spiro atoms. The molecule has 8 heteroatoms. The van der Waals surface area contributed by atoms with Gasteiger partial charge in [0.1, 0.15) is 0 Å². The Morgan fingerprint density at radius 3 is 2.32 bits per heavy atom. The van der Waals surface area contributed by atoms with Crippen molar-refractivity contribution >= 4 is 24.5 Å². The molecule has 1 atom stereocenters. The van der Waals surface area contributed by atoms with E-state index in [-0.39, 0.29) is 18.8 Å². The predicted molar refractivity (Wildman–Crippen MR) is 163 cm³/mol. The maximum Gasteiger partial charge on any atom is 0.318 e. The van der Waals surface area contributed by atoms with Crippen LogP contribution in [0.2, 0.25) is 6.82 Å². The molecule has 204 valence electrons. The van der Waals surface area contributed by atoms with Gasteiger partial charge in [0.15, 0.2) is 0 Å². The fraction of sp³-hybridized carbons (Fsp3) is 0.212. The van der Waals surface area contributed by atoms with Gasteiger partial charge in [-0.25, -0.2) is 4.99 Å². The van der Waals surface area contributed by atoms with Crippen molar-refractivity contribution in [3.05, 3.63) is 125 Å². The molecule has 2 heterocycles. The van der Waals surface area contributed by atoms with Crippen molar-refractivity contribution in [3.63, 3.8) is 0 Å². The van der Waals surface area contributed by atoms with E-state index in [4.69, 9.17) is 9.41 Å². The number of amides is 1. The summed E-state index contributed by atoms with van der Waals surface area (Å²) >= 11 is 0. The number of anilines is 1. The third-order valence-corrected chi connectivity index (χ3v) is 7.55. The predicted octanol–water partition coefficient (Wildman–Crippen LogP) is 6.51. The Morgan fingerprint density at radius 2 is 1.59 bits per heavy atom. The van der Waals surface area contributed by atoms with Gasteiger partial charge in [-0.1, -0.05) is 108 Å². The van der Waals surface area contributed by atoms with Gasteiger partial charge in [0.05, 0.1) is 5.71 Å². The molecular formula is C33H32BN5O2. The van der Waals surface area contributed by atoms with E-state index in [1.807, 2.05) is 84.5 Å². The number of fused-ring (bicyclic) bond motifs is 1. The maximum atomic E-state index is 14.6. The average Bonchev–Trinajstić information content (AvgIpc) is 3.42. The number of hydrogen-bond acceptors (Lipinski definition) is 6. The van der Waals surface area contributed by atoms with E-state index in [1.165, 1.54) is 0 Å². The number of aliphatic imine (C=N–C) groups is 1. The topological polar surface area (TPSA) is 83.6 Å². The fourth-order valence-electron chi connectivity index (χ4n) is 5.46. The summed E-state index contributed by atoms with van der Waals surface area (Å²) in [4.78, 5) is 21.7. The third-order valence-electron chi connectivity index (χ3n) is 7.55. The molecule has 3 aromatic carbocycles. The first-order chi connectivity index (χ1) is 19.9. The van der Waals surface area contributed by atoms with Crippen LogP contribution in [0.25, 0.3) is 11.5 Å². The van der Waals surface area contributed by atoms with Crippen LogP contribution >= 0.6 is 0 Å². The van der Waals surface area contributed by atoms with Crippen molar-refractivity contribution in [2.24, 2.45) is 4.99 Å². The van der Waals surface area contributed by atoms with Crippen molar-refractivity contribution in [3.8, 4) is 11.5 Å². The third kappa shape index (κ3) is 5.37. The van der Waals surface area contributed by atoms with Crippen LogP contribution in [-0.4, -0.2) is 39.1 Å². The van der Waals surface area contributed by atoms with E-state index in [9.17, 15) is 4.79 Å². The van der Waals surface area contributed by atoms with E-state index in [2.05, 4.69) is 46.6 Å². The van der Waals surface area contributed by atoms with Gasteiger partial charge >= 0.3 is 6.01 Å². The molecule has 1 aliphatic carbocycles. The largest absolute Gasteiger partial charge is 0.403 e. The first-order valence-electron chi connectivity index (χ1n) is 14.0. The molecule has 41 heavy (non-hydrogen) atoms. The van der Waals surface area contributed by atoms with Crippen molar-refractivity contribution in [1.29, 1.82) is 0 Å². The van der Waals surface area contributed by atoms with Crippen LogP contribution in [0.5, 0.6) is 0 Å². The van der Waals surface area contributed by atoms with Crippen LogP contribution in [0.3, 0.4) is 0 Å². The van der Waals surface area contributed by atoms with Gasteiger partial charge in [-0.15, -0.1) is 5.10 Å². The molecule has 0 saturated carbocycles. The molecule has 0 bridgehead atoms. The van der Waals surface area contributed by atoms with Crippen LogP contribution in [0.1, 0.15) is 36.5 Å². The lowest BCUT2D eigenvalue weighted by molar-refractivity contribution is -0.129. The van der Waals surface area contributed by atoms with E-state index in [1.54, 1.807) is 6.92 Å². The van der Waals surface area contributed by atoms with Gasteiger partial charge in [0.2, 0.25) is 11.6 Å². The molecule has 1 unspecified atom stereocenters. The van der Waals surface area contributed by atoms with Crippen molar-refractivity contribution in [2.45, 2.75) is 45.5 Å². The monoisotopic (exact) mass is 541 g/mol. The van der Waals surface area contributed by atoms with Crippen LogP contribution < -0.4 is 5.32 Å². The molecule has 0 fully saturated rings. The average molecular weight is 541 g/mol. The number of aromatic nitrogens is 2. The van der Waals surface area contributed by atoms with Crippen LogP contribution in [-0.2, 0) is 11.1 Å². The molecule has 4 aromatic rings. The minimum absolute atomic E-state index is 0.130. The number of carbonyl (C=O) groups is 1. The first-order valence-corrected chi connectivity index (χ1v) is 14.0. The van der Waals surface area contributed by atoms with Crippen LogP contribution in [0, 0.1) is 6.92 Å². The Kier molecular flexibility index (Phi) is 7.14. The summed E-state index contributed by atoms with van der Waals surface area (Å²) < 4.78 is 6.02. The van der Waals surface area contributed by atoms with Gasteiger partial charge in [0.25, 0.3) is 12.8 Å². The minimum atomic E-state index is -1.41. The second-order valence-electron chi connectivity index (χ2n) is 10.8. The second kappa shape index (κ2) is 11.0. The molecule has 1 aliphatic heterocycles. The summed E-state index contributed by atoms with van der Waals surface area (Å²) in [5.74, 6) is 0.193. The zero-order valence-electron chi connectivity index (χ0n) is 23.5. The SMILES string of the molecule is CB(Cc1ccccc1)N1C(=O)C(C)(Nc2nnc(-c3ccc(C)cc3)o2)N=C(c2ccccc2)C2=CCCC=C21. The number of rotatable bonds is 7. The molecule has 6 rings (SSSR count). The van der Waals surface area contributed by atoms with E-state index in [0.29, 0.717) is 12.2 Å². The molecule has 0 radical (unpaired) electrons. The van der Waals surface area contributed by atoms with Crippen molar-refractivity contribution < 1.29 is 9.21 Å². The van der Waals surface area contributed by atoms with Gasteiger partial charge in [-0.05, 0) is 45.1 Å². The number of carbonyl (C=O) groups excluding carboxylic acids is 1. The van der Waals surface area contributed by atoms with Gasteiger partial charge in [-0.2, -0.15) is 0 Å². The van der Waals surface area contributed by atoms with E-state index in [0.717, 1.165) is 52.1 Å². The summed E-state index contributed by atoms with van der Waals surface area (Å²) in [7, 11) is 0. The summed E-state index contributed by atoms with van der Waals surface area (Å²) in [5.41, 5.74) is 5.26. The summed E-state index contributed by atoms with van der Waals surface area (Å²) in [6, 6.07) is 28.3. The van der Waals surface area contributed by atoms with Crippen LogP contribution in [0.4, 0.5) is 6.01 Å². The normalized spacial score (nSPS) is 18.6. The summed E-state index contributed by atoms with van der Waals surface area (Å²) in [6.07, 6.45) is 6.81. The standard InChI is InChI=1S/C33H32BN5O2/c1-23-18-20-26(21-19-23)30-37-38-32(41-30)36-33(2)31(40)39(34(3)22-24-12-6-4-7-13-24)28-17-11-10-16-27(28)29(35-33)25-14-8-5-9-15-25/h4-9,12-21H,10-11,22H2,1-3H3,(H,36,38). The molecular weight excluding hydrogens is 509 g/mol. The lowest BCUT2D eigenvalue weighted by atomic mass is 9.57. The minimum Gasteiger partial charge on any atom is -0.403 e. The Labute approximate surface area is 240 Å². The first kappa shape index (κ1) is 26.5. The fourth-order valence-corrected chi connectivity index (χ4v) is 5.46. The summed E-state index contributed by atoms with van der Waals surface area (Å²) in [6.45, 7) is 5.77. The molecule has 1 N–H and O–H groups in total. The van der Waals surface area contributed by atoms with Gasteiger partial charge < -0.3 is 14.5 Å². The molecule has 7 nitrogen and oxygen atoms in total. The van der Waals surface area contributed by atoms with E-state index < -0.39 is 5.66 Å². The highest BCUT2D eigenvalue weighted by atomic mass is 16.4. The van der Waals surface area contributed by atoms with Crippen molar-refractivity contribution in [1.82, 2.24) is 15.0 Å². The molecule has 2 aliphatic rings. The Hall–Kier alpha value is -4.72. The Morgan fingerprint density at radius 1 is 0.902 bits per heavy atom. The maximum absolute atomic E-state index is 14.6. The number of aryl methyl sites for hydroxylation is 1. The molecule has 1 amide bonds. The van der Waals surface area contributed by atoms with Gasteiger partial charge in [-0.3, -0.25) is 4.79 Å². The highest BCUT2D eigenvalue weighted by Crippen LogP contribution is 2.35. The highest BCUT2D eigenvalue weighted by molar-refractivity contribution is 6.58. The zero-order chi connectivity index (χ0) is 28.4.